The number of nitrogens with zero attached hydrogens (tertiary/aromatic N) is 3. The highest BCUT2D eigenvalue weighted by Crippen LogP contribution is 2.39. The van der Waals surface area contributed by atoms with Crippen molar-refractivity contribution in [3.63, 3.8) is 0 Å². The summed E-state index contributed by atoms with van der Waals surface area (Å²) in [6.07, 6.45) is 0. The Bertz CT molecular complexity index is 1040. The summed E-state index contributed by atoms with van der Waals surface area (Å²) < 4.78 is 21.5. The highest BCUT2D eigenvalue weighted by atomic mass is 127. The number of anilines is 1. The Labute approximate surface area is 208 Å². The van der Waals surface area contributed by atoms with Crippen molar-refractivity contribution < 1.29 is 18.7 Å². The van der Waals surface area contributed by atoms with Gasteiger partial charge in [-0.25, -0.2) is 4.99 Å². The summed E-state index contributed by atoms with van der Waals surface area (Å²) in [5, 5.41) is 11.0. The van der Waals surface area contributed by atoms with Gasteiger partial charge in [0, 0.05) is 35.0 Å². The molecule has 0 atom stereocenters. The lowest BCUT2D eigenvalue weighted by molar-refractivity contribution is 0.324. The smallest absolute Gasteiger partial charge is 0.248 e. The minimum atomic E-state index is 0. The molecule has 2 aromatic carbocycles. The van der Waals surface area contributed by atoms with Gasteiger partial charge in [0.15, 0.2) is 17.5 Å². The topological polar surface area (TPSA) is 103 Å². The van der Waals surface area contributed by atoms with Gasteiger partial charge in [-0.1, -0.05) is 28.9 Å². The van der Waals surface area contributed by atoms with Crippen molar-refractivity contribution in [2.75, 3.05) is 33.2 Å². The molecule has 0 saturated carbocycles. The van der Waals surface area contributed by atoms with E-state index in [-0.39, 0.29) is 30.5 Å². The van der Waals surface area contributed by atoms with Crippen molar-refractivity contribution in [3.8, 4) is 28.6 Å². The zero-order valence-electron chi connectivity index (χ0n) is 18.1. The van der Waals surface area contributed by atoms with E-state index in [1.54, 1.807) is 45.6 Å². The third-order valence-electron chi connectivity index (χ3n) is 4.20. The molecular formula is C21H25ClIN5O4. The van der Waals surface area contributed by atoms with E-state index in [4.69, 9.17) is 30.3 Å². The van der Waals surface area contributed by atoms with Gasteiger partial charge in [0.05, 0.1) is 21.3 Å². The van der Waals surface area contributed by atoms with Crippen LogP contribution in [0.25, 0.3) is 11.4 Å². The van der Waals surface area contributed by atoms with Gasteiger partial charge in [-0.15, -0.1) is 24.0 Å². The second-order valence-electron chi connectivity index (χ2n) is 6.26. The Morgan fingerprint density at radius 2 is 1.81 bits per heavy atom. The van der Waals surface area contributed by atoms with Crippen LogP contribution in [-0.2, 0) is 6.54 Å². The van der Waals surface area contributed by atoms with Crippen LogP contribution < -0.4 is 24.8 Å². The molecule has 0 fully saturated rings. The standard InChI is InChI=1S/C21H24ClN5O4.HI/c1-5-23-21(25-15-10-16(28-2)19(30-4)17(11-15)29-3)24-12-18-26-20(27-31-18)13-7-6-8-14(22)9-13;/h6-11H,5,12H2,1-4H3,(H2,23,24,25);1H. The van der Waals surface area contributed by atoms with Crippen LogP contribution in [0.2, 0.25) is 5.02 Å². The fourth-order valence-electron chi connectivity index (χ4n) is 2.81. The SMILES string of the molecule is CCNC(=NCc1nc(-c2cccc(Cl)c2)no1)Nc1cc(OC)c(OC)c(OC)c1.I. The number of rotatable bonds is 8. The molecular weight excluding hydrogens is 549 g/mol. The number of guanidine groups is 1. The Morgan fingerprint density at radius 3 is 2.41 bits per heavy atom. The zero-order valence-corrected chi connectivity index (χ0v) is 21.2. The molecule has 3 aromatic rings. The second-order valence-corrected chi connectivity index (χ2v) is 6.69. The molecule has 3 rings (SSSR count). The average molecular weight is 574 g/mol. The van der Waals surface area contributed by atoms with Gasteiger partial charge in [0.1, 0.15) is 6.54 Å². The normalized spacial score (nSPS) is 10.8. The number of halogens is 2. The summed E-state index contributed by atoms with van der Waals surface area (Å²) in [6.45, 7) is 2.82. The quantitative estimate of drug-likeness (QED) is 0.229. The van der Waals surface area contributed by atoms with E-state index in [1.807, 2.05) is 19.1 Å². The fraction of sp³-hybridized carbons (Fsp3) is 0.286. The summed E-state index contributed by atoms with van der Waals surface area (Å²) >= 11 is 6.03. The van der Waals surface area contributed by atoms with E-state index in [0.717, 1.165) is 5.56 Å². The lowest BCUT2D eigenvalue weighted by atomic mass is 10.2. The molecule has 0 radical (unpaired) electrons. The van der Waals surface area contributed by atoms with E-state index < -0.39 is 0 Å². The summed E-state index contributed by atoms with van der Waals surface area (Å²) in [6, 6.07) is 10.8. The first-order chi connectivity index (χ1) is 15.1. The van der Waals surface area contributed by atoms with Crippen LogP contribution in [0.4, 0.5) is 5.69 Å². The molecule has 2 N–H and O–H groups in total. The monoisotopic (exact) mass is 573 g/mol. The van der Waals surface area contributed by atoms with E-state index in [2.05, 4.69) is 25.8 Å². The molecule has 0 aliphatic carbocycles. The van der Waals surface area contributed by atoms with Gasteiger partial charge in [-0.2, -0.15) is 4.98 Å². The number of benzene rings is 2. The molecule has 0 bridgehead atoms. The summed E-state index contributed by atoms with van der Waals surface area (Å²) in [7, 11) is 4.68. The van der Waals surface area contributed by atoms with Crippen LogP contribution in [0, 0.1) is 0 Å². The molecule has 0 spiro atoms. The Hall–Kier alpha value is -2.73. The first-order valence-corrected chi connectivity index (χ1v) is 9.89. The molecule has 0 amide bonds. The number of hydrogen-bond acceptors (Lipinski definition) is 7. The summed E-state index contributed by atoms with van der Waals surface area (Å²) in [5.41, 5.74) is 1.48. The van der Waals surface area contributed by atoms with Crippen molar-refractivity contribution in [2.45, 2.75) is 13.5 Å². The van der Waals surface area contributed by atoms with Gasteiger partial charge in [0.25, 0.3) is 0 Å². The van der Waals surface area contributed by atoms with E-state index in [1.165, 1.54) is 0 Å². The first kappa shape index (κ1) is 25.5. The third kappa shape index (κ3) is 6.39. The van der Waals surface area contributed by atoms with Gasteiger partial charge in [-0.3, -0.25) is 0 Å². The molecule has 0 saturated heterocycles. The van der Waals surface area contributed by atoms with Gasteiger partial charge in [0.2, 0.25) is 17.5 Å². The number of methoxy groups -OCH3 is 3. The highest BCUT2D eigenvalue weighted by molar-refractivity contribution is 14.0. The Kier molecular flexibility index (Phi) is 9.85. The highest BCUT2D eigenvalue weighted by Gasteiger charge is 2.14. The molecule has 0 aliphatic rings. The number of hydrogen-bond donors (Lipinski definition) is 2. The van der Waals surface area contributed by atoms with Crippen molar-refractivity contribution in [2.24, 2.45) is 4.99 Å². The third-order valence-corrected chi connectivity index (χ3v) is 4.43. The predicted octanol–water partition coefficient (Wildman–Crippen LogP) is 4.61. The van der Waals surface area contributed by atoms with E-state index in [9.17, 15) is 0 Å². The minimum absolute atomic E-state index is 0. The lowest BCUT2D eigenvalue weighted by Gasteiger charge is -2.16. The molecule has 0 aliphatic heterocycles. The Morgan fingerprint density at radius 1 is 1.09 bits per heavy atom. The van der Waals surface area contributed by atoms with Crippen LogP contribution in [0.1, 0.15) is 12.8 Å². The molecule has 9 nitrogen and oxygen atoms in total. The maximum Gasteiger partial charge on any atom is 0.248 e. The summed E-state index contributed by atoms with van der Waals surface area (Å²) in [4.78, 5) is 8.90. The van der Waals surface area contributed by atoms with Gasteiger partial charge in [-0.05, 0) is 19.1 Å². The van der Waals surface area contributed by atoms with Gasteiger partial charge < -0.3 is 29.4 Å². The second kappa shape index (κ2) is 12.3. The van der Waals surface area contributed by atoms with Crippen molar-refractivity contribution >= 4 is 47.2 Å². The van der Waals surface area contributed by atoms with Crippen LogP contribution in [0.15, 0.2) is 45.9 Å². The van der Waals surface area contributed by atoms with Crippen LogP contribution in [-0.4, -0.2) is 44.0 Å². The lowest BCUT2D eigenvalue weighted by Crippen LogP contribution is -2.30. The van der Waals surface area contributed by atoms with Gasteiger partial charge >= 0.3 is 0 Å². The average Bonchev–Trinajstić information content (AvgIpc) is 3.26. The maximum absolute atomic E-state index is 6.03. The number of nitrogens with one attached hydrogen (secondary N) is 2. The maximum atomic E-state index is 6.03. The molecule has 0 unspecified atom stereocenters. The fourth-order valence-corrected chi connectivity index (χ4v) is 3.00. The molecule has 32 heavy (non-hydrogen) atoms. The number of aliphatic imine (C=N–C) groups is 1. The van der Waals surface area contributed by atoms with Crippen molar-refractivity contribution in [3.05, 3.63) is 47.3 Å². The molecule has 1 aromatic heterocycles. The number of ether oxygens (including phenoxy) is 3. The zero-order chi connectivity index (χ0) is 22.2. The first-order valence-electron chi connectivity index (χ1n) is 9.51. The molecule has 1 heterocycles. The number of aromatic nitrogens is 2. The molecule has 172 valence electrons. The van der Waals surface area contributed by atoms with Crippen molar-refractivity contribution in [1.29, 1.82) is 0 Å². The van der Waals surface area contributed by atoms with Crippen LogP contribution in [0.3, 0.4) is 0 Å². The largest absolute Gasteiger partial charge is 0.493 e. The van der Waals surface area contributed by atoms with Crippen LogP contribution >= 0.6 is 35.6 Å². The van der Waals surface area contributed by atoms with E-state index in [0.29, 0.717) is 52.2 Å². The Balaban J connectivity index is 0.00000363. The predicted molar refractivity (Wildman–Crippen MR) is 135 cm³/mol. The summed E-state index contributed by atoms with van der Waals surface area (Å²) in [5.74, 6) is 2.93. The minimum Gasteiger partial charge on any atom is -0.493 e. The van der Waals surface area contributed by atoms with Crippen LogP contribution in [0.5, 0.6) is 17.2 Å². The van der Waals surface area contributed by atoms with E-state index >= 15 is 0 Å². The molecule has 11 heteroatoms. The van der Waals surface area contributed by atoms with Crippen molar-refractivity contribution in [1.82, 2.24) is 15.5 Å².